The molecule has 0 radical (unpaired) electrons. The van der Waals surface area contributed by atoms with Crippen molar-refractivity contribution in [3.8, 4) is 10.9 Å². The Kier molecular flexibility index (Phi) is 6.08. The number of aryl methyl sites for hydroxylation is 3. The molecule has 158 valence electrons. The molecule has 0 atom stereocenters. The number of Topliss-reactive ketones (excluding diaryl/α,β-unsaturated/α-hetero) is 1. The zero-order valence-electron chi connectivity index (χ0n) is 17.3. The average molecular weight is 435 g/mol. The van der Waals surface area contributed by atoms with Crippen molar-refractivity contribution in [2.75, 3.05) is 0 Å². The number of thiazole rings is 1. The molecule has 8 heteroatoms. The van der Waals surface area contributed by atoms with E-state index in [0.29, 0.717) is 40.9 Å². The van der Waals surface area contributed by atoms with E-state index in [9.17, 15) is 9.59 Å². The van der Waals surface area contributed by atoms with E-state index < -0.39 is 0 Å². The zero-order chi connectivity index (χ0) is 21.8. The number of aromatic nitrogens is 4. The molecule has 4 aromatic rings. The van der Waals surface area contributed by atoms with Crippen LogP contribution in [0.1, 0.15) is 33.0 Å². The van der Waals surface area contributed by atoms with E-state index >= 15 is 0 Å². The van der Waals surface area contributed by atoms with Gasteiger partial charge in [0.05, 0.1) is 16.9 Å². The molecule has 0 N–H and O–H groups in total. The molecular formula is C23H22N4O3S. The van der Waals surface area contributed by atoms with Gasteiger partial charge in [-0.25, -0.2) is 9.97 Å². The molecule has 0 saturated carbocycles. The summed E-state index contributed by atoms with van der Waals surface area (Å²) in [6.07, 6.45) is 6.08. The van der Waals surface area contributed by atoms with E-state index in [1.54, 1.807) is 31.7 Å². The fraction of sp³-hybridized carbons (Fsp3) is 0.217. The number of ether oxygens (including phenoxy) is 1. The standard InChI is InChI=1S/C23H22N4O3S/c1-16-22(20(28)9-8-18-13-24-15-26(18)2)31-23(25-16)27-11-10-19(12-21(27)29)30-14-17-6-4-3-5-7-17/h3-7,10-13,15H,8-9,14H2,1-2H3. The number of hydrogen-bond donors (Lipinski definition) is 0. The summed E-state index contributed by atoms with van der Waals surface area (Å²) in [5.41, 5.74) is 2.40. The summed E-state index contributed by atoms with van der Waals surface area (Å²) < 4.78 is 9.05. The largest absolute Gasteiger partial charge is 0.489 e. The van der Waals surface area contributed by atoms with Gasteiger partial charge in [0.25, 0.3) is 5.56 Å². The van der Waals surface area contributed by atoms with Gasteiger partial charge < -0.3 is 9.30 Å². The number of hydrogen-bond acceptors (Lipinski definition) is 6. The fourth-order valence-electron chi connectivity index (χ4n) is 3.17. The van der Waals surface area contributed by atoms with Gasteiger partial charge in [-0.1, -0.05) is 41.7 Å². The van der Waals surface area contributed by atoms with Gasteiger partial charge in [-0.3, -0.25) is 14.2 Å². The summed E-state index contributed by atoms with van der Waals surface area (Å²) in [6.45, 7) is 2.18. The van der Waals surface area contributed by atoms with Gasteiger partial charge >= 0.3 is 0 Å². The average Bonchev–Trinajstić information content (AvgIpc) is 3.36. The number of benzene rings is 1. The Bertz CT molecular complexity index is 1260. The summed E-state index contributed by atoms with van der Waals surface area (Å²) in [4.78, 5) is 34.4. The Morgan fingerprint density at radius 2 is 2.00 bits per heavy atom. The quantitative estimate of drug-likeness (QED) is 0.395. The number of nitrogens with zero attached hydrogens (tertiary/aromatic N) is 4. The maximum Gasteiger partial charge on any atom is 0.260 e. The molecule has 0 aliphatic rings. The summed E-state index contributed by atoms with van der Waals surface area (Å²) in [5, 5.41) is 0.473. The molecule has 1 aromatic carbocycles. The minimum atomic E-state index is -0.256. The Labute approximate surface area is 183 Å². The summed E-state index contributed by atoms with van der Waals surface area (Å²) in [7, 11) is 1.91. The van der Waals surface area contributed by atoms with Gasteiger partial charge in [-0.2, -0.15) is 0 Å². The lowest BCUT2D eigenvalue weighted by Crippen LogP contribution is -2.16. The molecule has 0 aliphatic carbocycles. The SMILES string of the molecule is Cc1nc(-n2ccc(OCc3ccccc3)cc2=O)sc1C(=O)CCc1cncn1C. The van der Waals surface area contributed by atoms with E-state index in [1.807, 2.05) is 41.9 Å². The smallest absolute Gasteiger partial charge is 0.260 e. The molecule has 0 spiro atoms. The van der Waals surface area contributed by atoms with Crippen LogP contribution in [-0.2, 0) is 20.1 Å². The third-order valence-corrected chi connectivity index (χ3v) is 6.11. The highest BCUT2D eigenvalue weighted by Gasteiger charge is 2.17. The van der Waals surface area contributed by atoms with Crippen molar-refractivity contribution in [3.63, 3.8) is 0 Å². The third kappa shape index (κ3) is 4.80. The minimum absolute atomic E-state index is 0.0123. The second kappa shape index (κ2) is 9.09. The molecule has 4 rings (SSSR count). The monoisotopic (exact) mass is 434 g/mol. The molecular weight excluding hydrogens is 412 g/mol. The number of rotatable bonds is 8. The first-order valence-electron chi connectivity index (χ1n) is 9.87. The summed E-state index contributed by atoms with van der Waals surface area (Å²) in [5.74, 6) is 0.504. The maximum atomic E-state index is 12.7. The lowest BCUT2D eigenvalue weighted by molar-refractivity contribution is 0.0985. The van der Waals surface area contributed by atoms with Gasteiger partial charge in [-0.15, -0.1) is 0 Å². The molecule has 0 fully saturated rings. The number of ketones is 1. The molecule has 0 bridgehead atoms. The Morgan fingerprint density at radius 3 is 2.71 bits per heavy atom. The van der Waals surface area contributed by atoms with Crippen LogP contribution in [-0.4, -0.2) is 24.9 Å². The van der Waals surface area contributed by atoms with Crippen LogP contribution in [0.5, 0.6) is 5.75 Å². The van der Waals surface area contributed by atoms with Gasteiger partial charge in [0, 0.05) is 37.6 Å². The molecule has 3 heterocycles. The number of pyridine rings is 1. The van der Waals surface area contributed by atoms with Gasteiger partial charge in [-0.05, 0) is 25.0 Å². The predicted molar refractivity (Wildman–Crippen MR) is 119 cm³/mol. The van der Waals surface area contributed by atoms with Crippen LogP contribution in [0, 0.1) is 6.92 Å². The van der Waals surface area contributed by atoms with Gasteiger partial charge in [0.1, 0.15) is 12.4 Å². The van der Waals surface area contributed by atoms with Crippen molar-refractivity contribution in [2.45, 2.75) is 26.4 Å². The molecule has 0 amide bonds. The van der Waals surface area contributed by atoms with Crippen LogP contribution in [0.15, 0.2) is 66.0 Å². The second-order valence-electron chi connectivity index (χ2n) is 7.17. The van der Waals surface area contributed by atoms with Crippen LogP contribution < -0.4 is 10.3 Å². The minimum Gasteiger partial charge on any atom is -0.489 e. The van der Waals surface area contributed by atoms with E-state index in [0.717, 1.165) is 11.3 Å². The summed E-state index contributed by atoms with van der Waals surface area (Å²) >= 11 is 1.23. The lowest BCUT2D eigenvalue weighted by Gasteiger charge is -2.07. The highest BCUT2D eigenvalue weighted by atomic mass is 32.1. The van der Waals surface area contributed by atoms with E-state index in [-0.39, 0.29) is 11.3 Å². The maximum absolute atomic E-state index is 12.7. The number of carbonyl (C=O) groups excluding carboxylic acids is 1. The second-order valence-corrected chi connectivity index (χ2v) is 8.15. The van der Waals surface area contributed by atoms with Crippen LogP contribution in [0.3, 0.4) is 0 Å². The zero-order valence-corrected chi connectivity index (χ0v) is 18.1. The molecule has 3 aromatic heterocycles. The number of imidazole rings is 1. The number of carbonyl (C=O) groups is 1. The Morgan fingerprint density at radius 1 is 1.19 bits per heavy atom. The van der Waals surface area contributed by atoms with Crippen molar-refractivity contribution < 1.29 is 9.53 Å². The van der Waals surface area contributed by atoms with Crippen molar-refractivity contribution in [1.29, 1.82) is 0 Å². The predicted octanol–water partition coefficient (Wildman–Crippen LogP) is 3.73. The normalized spacial score (nSPS) is 10.9. The van der Waals surface area contributed by atoms with E-state index in [2.05, 4.69) is 9.97 Å². The van der Waals surface area contributed by atoms with Gasteiger partial charge in [0.2, 0.25) is 0 Å². The first-order chi connectivity index (χ1) is 15.0. The first-order valence-corrected chi connectivity index (χ1v) is 10.7. The Balaban J connectivity index is 1.46. The first kappa shape index (κ1) is 20.7. The molecule has 0 saturated heterocycles. The third-order valence-electron chi connectivity index (χ3n) is 4.91. The molecule has 0 aliphatic heterocycles. The van der Waals surface area contributed by atoms with Crippen molar-refractivity contribution in [1.82, 2.24) is 19.1 Å². The molecule has 0 unspecified atom stereocenters. The van der Waals surface area contributed by atoms with Crippen LogP contribution in [0.2, 0.25) is 0 Å². The van der Waals surface area contributed by atoms with Crippen molar-refractivity contribution in [3.05, 3.63) is 93.4 Å². The topological polar surface area (TPSA) is 79.0 Å². The molecule has 7 nitrogen and oxygen atoms in total. The van der Waals surface area contributed by atoms with E-state index in [4.69, 9.17) is 4.74 Å². The van der Waals surface area contributed by atoms with Crippen LogP contribution in [0.25, 0.3) is 5.13 Å². The molecule has 31 heavy (non-hydrogen) atoms. The summed E-state index contributed by atoms with van der Waals surface area (Å²) in [6, 6.07) is 12.9. The fourth-order valence-corrected chi connectivity index (χ4v) is 4.20. The lowest BCUT2D eigenvalue weighted by atomic mass is 10.1. The van der Waals surface area contributed by atoms with Gasteiger partial charge in [0.15, 0.2) is 10.9 Å². The van der Waals surface area contributed by atoms with Crippen LogP contribution in [0.4, 0.5) is 0 Å². The highest BCUT2D eigenvalue weighted by Crippen LogP contribution is 2.23. The van der Waals surface area contributed by atoms with Crippen molar-refractivity contribution in [2.24, 2.45) is 7.05 Å². The highest BCUT2D eigenvalue weighted by molar-refractivity contribution is 7.16. The van der Waals surface area contributed by atoms with Crippen molar-refractivity contribution >= 4 is 17.1 Å². The van der Waals surface area contributed by atoms with E-state index in [1.165, 1.54) is 22.0 Å². The van der Waals surface area contributed by atoms with Crippen LogP contribution >= 0.6 is 11.3 Å². The Hall–Kier alpha value is -3.52.